The van der Waals surface area contributed by atoms with Gasteiger partial charge in [-0.25, -0.2) is 0 Å². The Bertz CT molecular complexity index is 1080. The number of amides is 1. The van der Waals surface area contributed by atoms with Crippen molar-refractivity contribution in [2.45, 2.75) is 51.5 Å². The molecule has 0 aliphatic rings. The fraction of sp³-hybridized carbons (Fsp3) is 0.346. The average molecular weight is 464 g/mol. The second kappa shape index (κ2) is 9.75. The van der Waals surface area contributed by atoms with Crippen LogP contribution in [0.25, 0.3) is 0 Å². The van der Waals surface area contributed by atoms with Crippen LogP contribution in [0.3, 0.4) is 0 Å². The molecule has 2 aromatic carbocycles. The summed E-state index contributed by atoms with van der Waals surface area (Å²) in [5, 5.41) is 8.53. The molecule has 0 radical (unpaired) electrons. The lowest BCUT2D eigenvalue weighted by Gasteiger charge is -2.27. The Morgan fingerprint density at radius 3 is 2.21 bits per heavy atom. The molecule has 1 heterocycles. The maximum Gasteiger partial charge on any atom is 0.248 e. The Morgan fingerprint density at radius 2 is 1.70 bits per heavy atom. The van der Waals surface area contributed by atoms with E-state index in [-0.39, 0.29) is 18.1 Å². The fourth-order valence-corrected chi connectivity index (χ4v) is 4.75. The molecule has 1 amide bonds. The van der Waals surface area contributed by atoms with Crippen LogP contribution in [0.15, 0.2) is 67.0 Å². The summed E-state index contributed by atoms with van der Waals surface area (Å²) in [5.41, 5.74) is 0.693. The molecule has 174 valence electrons. The minimum absolute atomic E-state index is 0.0782. The number of nitrogens with one attached hydrogen (secondary N) is 1. The summed E-state index contributed by atoms with van der Waals surface area (Å²) in [6, 6.07) is 16.5. The van der Waals surface area contributed by atoms with Crippen molar-refractivity contribution in [3.63, 3.8) is 0 Å². The number of rotatable bonds is 9. The first-order valence-electron chi connectivity index (χ1n) is 11.1. The van der Waals surface area contributed by atoms with Gasteiger partial charge in [-0.3, -0.25) is 14.3 Å². The van der Waals surface area contributed by atoms with Crippen LogP contribution in [0.2, 0.25) is 19.6 Å². The molecule has 33 heavy (non-hydrogen) atoms. The molecule has 1 N–H and O–H groups in total. The normalized spacial score (nSPS) is 12.8. The predicted molar refractivity (Wildman–Crippen MR) is 134 cm³/mol. The fourth-order valence-electron chi connectivity index (χ4n) is 3.58. The number of ketones is 1. The number of nitrogens with zero attached hydrogens (tertiary/aromatic N) is 2. The highest BCUT2D eigenvalue weighted by Crippen LogP contribution is 2.23. The van der Waals surface area contributed by atoms with Gasteiger partial charge in [-0.15, -0.1) is 0 Å². The zero-order chi connectivity index (χ0) is 24.2. The van der Waals surface area contributed by atoms with Gasteiger partial charge in [0.1, 0.15) is 17.3 Å². The van der Waals surface area contributed by atoms with Gasteiger partial charge in [-0.1, -0.05) is 61.2 Å². The number of Topliss-reactive ketones (excluding diaryl/α,β-unsaturated/α-hetero) is 1. The molecule has 3 rings (SSSR count). The molecule has 0 saturated carbocycles. The first-order chi connectivity index (χ1) is 15.5. The molecule has 0 aliphatic heterocycles. The summed E-state index contributed by atoms with van der Waals surface area (Å²) in [4.78, 5) is 26.7. The van der Waals surface area contributed by atoms with E-state index in [1.165, 1.54) is 5.19 Å². The van der Waals surface area contributed by atoms with Crippen molar-refractivity contribution in [3.05, 3.63) is 78.1 Å². The molecule has 1 aromatic heterocycles. The molecule has 0 fully saturated rings. The van der Waals surface area contributed by atoms with Crippen LogP contribution in [0, 0.1) is 0 Å². The largest absolute Gasteiger partial charge is 0.497 e. The summed E-state index contributed by atoms with van der Waals surface area (Å²) in [6.45, 7) is 10.4. The quantitative estimate of drug-likeness (QED) is 0.490. The van der Waals surface area contributed by atoms with E-state index in [2.05, 4.69) is 42.2 Å². The van der Waals surface area contributed by atoms with Crippen molar-refractivity contribution in [2.75, 3.05) is 7.11 Å². The zero-order valence-corrected chi connectivity index (χ0v) is 21.3. The Balaban J connectivity index is 1.86. The van der Waals surface area contributed by atoms with Crippen molar-refractivity contribution >= 4 is 25.0 Å². The molecule has 1 unspecified atom stereocenters. The highest BCUT2D eigenvalue weighted by Gasteiger charge is 2.34. The third kappa shape index (κ3) is 5.79. The second-order valence-corrected chi connectivity index (χ2v) is 14.9. The van der Waals surface area contributed by atoms with Gasteiger partial charge in [0.15, 0.2) is 5.78 Å². The van der Waals surface area contributed by atoms with Gasteiger partial charge in [0, 0.05) is 18.8 Å². The maximum absolute atomic E-state index is 13.4. The molecule has 6 nitrogen and oxygen atoms in total. The van der Waals surface area contributed by atoms with Crippen LogP contribution in [0.4, 0.5) is 0 Å². The number of benzene rings is 2. The Kier molecular flexibility index (Phi) is 7.22. The number of hydrogen-bond acceptors (Lipinski definition) is 4. The number of ether oxygens (including phenoxy) is 1. The second-order valence-electron chi connectivity index (χ2n) is 9.78. The lowest BCUT2D eigenvalue weighted by atomic mass is 9.95. The minimum Gasteiger partial charge on any atom is -0.497 e. The predicted octanol–water partition coefficient (Wildman–Crippen LogP) is 3.84. The summed E-state index contributed by atoms with van der Waals surface area (Å²) < 4.78 is 6.84. The number of aromatic nitrogens is 2. The third-order valence-corrected chi connectivity index (χ3v) is 7.94. The zero-order valence-electron chi connectivity index (χ0n) is 20.3. The molecule has 0 aliphatic carbocycles. The van der Waals surface area contributed by atoms with Crippen LogP contribution in [-0.2, 0) is 21.5 Å². The summed E-state index contributed by atoms with van der Waals surface area (Å²) in [5.74, 6) is 0.329. The minimum atomic E-state index is -1.41. The first-order valence-corrected chi connectivity index (χ1v) is 14.6. The van der Waals surface area contributed by atoms with Gasteiger partial charge >= 0.3 is 0 Å². The average Bonchev–Trinajstić information content (AvgIpc) is 3.33. The molecular weight excluding hydrogens is 430 g/mol. The lowest BCUT2D eigenvalue weighted by Crippen LogP contribution is -2.47. The lowest BCUT2D eigenvalue weighted by molar-refractivity contribution is -0.133. The van der Waals surface area contributed by atoms with Crippen LogP contribution < -0.4 is 15.2 Å². The van der Waals surface area contributed by atoms with Gasteiger partial charge in [0.2, 0.25) is 5.91 Å². The number of carbonyl (C=O) groups is 2. The van der Waals surface area contributed by atoms with Crippen LogP contribution >= 0.6 is 0 Å². The van der Waals surface area contributed by atoms with Crippen molar-refractivity contribution < 1.29 is 14.3 Å². The molecule has 7 heteroatoms. The standard InChI is InChI=1S/C26H33N3O3Si/c1-26(2,29-17-7-16-27-29)25(31)28-24(20-10-12-21(32-3)13-11-20)23(30)18-19-8-14-22(15-9-19)33(4,5)6/h7-17,24H,18H2,1-6H3,(H,28,31). The number of hydrogen-bond donors (Lipinski definition) is 1. The summed E-state index contributed by atoms with van der Waals surface area (Å²) in [6.07, 6.45) is 3.60. The third-order valence-electron chi connectivity index (χ3n) is 5.88. The first kappa shape index (κ1) is 24.4. The van der Waals surface area contributed by atoms with Crippen LogP contribution in [0.1, 0.15) is 31.0 Å². The molecule has 3 aromatic rings. The van der Waals surface area contributed by atoms with Crippen molar-refractivity contribution in [3.8, 4) is 5.75 Å². The molecule has 0 bridgehead atoms. The van der Waals surface area contributed by atoms with E-state index in [0.29, 0.717) is 11.3 Å². The molecule has 0 spiro atoms. The van der Waals surface area contributed by atoms with E-state index >= 15 is 0 Å². The van der Waals surface area contributed by atoms with Crippen molar-refractivity contribution in [2.24, 2.45) is 0 Å². The van der Waals surface area contributed by atoms with Gasteiger partial charge in [0.05, 0.1) is 15.2 Å². The summed E-state index contributed by atoms with van der Waals surface area (Å²) in [7, 11) is 0.182. The molecule has 1 atom stereocenters. The van der Waals surface area contributed by atoms with Gasteiger partial charge in [0.25, 0.3) is 0 Å². The van der Waals surface area contributed by atoms with Gasteiger partial charge in [-0.05, 0) is 43.2 Å². The SMILES string of the molecule is COc1ccc(C(NC(=O)C(C)(C)n2cccn2)C(=O)Cc2ccc([Si](C)(C)C)cc2)cc1. The van der Waals surface area contributed by atoms with Crippen molar-refractivity contribution in [1.82, 2.24) is 15.1 Å². The van der Waals surface area contributed by atoms with E-state index < -0.39 is 19.7 Å². The maximum atomic E-state index is 13.4. The highest BCUT2D eigenvalue weighted by atomic mass is 28.3. The highest BCUT2D eigenvalue weighted by molar-refractivity contribution is 6.88. The van der Waals surface area contributed by atoms with Crippen LogP contribution in [-0.4, -0.2) is 36.7 Å². The Labute approximate surface area is 197 Å². The summed E-state index contributed by atoms with van der Waals surface area (Å²) >= 11 is 0. The monoisotopic (exact) mass is 463 g/mol. The van der Waals surface area contributed by atoms with E-state index in [4.69, 9.17) is 4.74 Å². The van der Waals surface area contributed by atoms with Gasteiger partial charge < -0.3 is 10.1 Å². The van der Waals surface area contributed by atoms with E-state index in [0.717, 1.165) is 5.56 Å². The Hall–Kier alpha value is -3.19. The van der Waals surface area contributed by atoms with Gasteiger partial charge in [-0.2, -0.15) is 5.10 Å². The van der Waals surface area contributed by atoms with Crippen molar-refractivity contribution in [1.29, 1.82) is 0 Å². The Morgan fingerprint density at radius 1 is 1.06 bits per heavy atom. The van der Waals surface area contributed by atoms with E-state index in [1.807, 2.05) is 24.3 Å². The smallest absolute Gasteiger partial charge is 0.248 e. The number of methoxy groups -OCH3 is 1. The molecule has 0 saturated heterocycles. The number of carbonyl (C=O) groups excluding carboxylic acids is 2. The van der Waals surface area contributed by atoms with Crippen LogP contribution in [0.5, 0.6) is 5.75 Å². The molecular formula is C26H33N3O3Si. The topological polar surface area (TPSA) is 73.2 Å². The van der Waals surface area contributed by atoms with E-state index in [9.17, 15) is 9.59 Å². The van der Waals surface area contributed by atoms with E-state index in [1.54, 1.807) is 56.2 Å².